The van der Waals surface area contributed by atoms with Crippen LogP contribution in [0.3, 0.4) is 0 Å². The Balaban J connectivity index is 1.22. The lowest BCUT2D eigenvalue weighted by Crippen LogP contribution is -2.13. The monoisotopic (exact) mass is 599 g/mol. The zero-order valence-corrected chi connectivity index (χ0v) is 22.6. The molecule has 0 bridgehead atoms. The highest BCUT2D eigenvalue weighted by Crippen LogP contribution is 2.46. The molecule has 1 aliphatic carbocycles. The topological polar surface area (TPSA) is 161 Å². The Morgan fingerprint density at radius 3 is 2.85 bits per heavy atom. The number of anilines is 1. The van der Waals surface area contributed by atoms with Gasteiger partial charge in [-0.1, -0.05) is 23.7 Å². The number of hydrogen-bond donors (Lipinski definition) is 2. The number of alkyl halides is 2. The van der Waals surface area contributed by atoms with Gasteiger partial charge in [0.1, 0.15) is 13.0 Å². The fourth-order valence-corrected chi connectivity index (χ4v) is 5.62. The standard InChI is InChI=1S/C24H25ClF2N5O7P/c25-16-3-1-2-14(8-16)10-36-40(13-35-7-6-32-12-29-18-20(32)30-22(28)31-21(18)33)37-11-17-19(39-23(34)38-17)15-4-5-24(26,27)9-15/h1-3,8,12,15H,4-7,9-11,13H2,(H3,28,30,31,33). The summed E-state index contributed by atoms with van der Waals surface area (Å²) in [5.41, 5.74) is 6.46. The zero-order valence-electron chi connectivity index (χ0n) is 21.0. The summed E-state index contributed by atoms with van der Waals surface area (Å²) in [5, 5.41) is 0.543. The lowest BCUT2D eigenvalue weighted by molar-refractivity contribution is 0.00710. The number of halogens is 3. The first kappa shape index (κ1) is 28.4. The van der Waals surface area contributed by atoms with E-state index in [1.54, 1.807) is 22.8 Å². The van der Waals surface area contributed by atoms with E-state index < -0.39 is 38.0 Å². The van der Waals surface area contributed by atoms with Gasteiger partial charge in [-0.25, -0.2) is 18.6 Å². The molecule has 5 rings (SSSR count). The molecule has 1 saturated carbocycles. The average Bonchev–Trinajstić information content (AvgIpc) is 3.59. The number of imidazole rings is 1. The molecule has 0 spiro atoms. The van der Waals surface area contributed by atoms with Gasteiger partial charge in [0.15, 0.2) is 31.1 Å². The highest BCUT2D eigenvalue weighted by atomic mass is 35.5. The Bertz CT molecular complexity index is 1590. The van der Waals surface area contributed by atoms with Gasteiger partial charge in [-0.3, -0.25) is 9.78 Å². The maximum Gasteiger partial charge on any atom is 0.519 e. The number of H-pyrrole nitrogens is 1. The number of benzene rings is 1. The SMILES string of the molecule is Nc1nc2c(ncn2CCOCP(OCc2cccc(Cl)c2)OCc2oc(=O)oc2C2CCC(F)(F)C2)c(=O)[nH]1. The predicted molar refractivity (Wildman–Crippen MR) is 140 cm³/mol. The van der Waals surface area contributed by atoms with Gasteiger partial charge in [-0.2, -0.15) is 4.98 Å². The van der Waals surface area contributed by atoms with Gasteiger partial charge < -0.3 is 32.9 Å². The fourth-order valence-electron chi connectivity index (χ4n) is 4.36. The molecule has 3 heterocycles. The molecule has 40 heavy (non-hydrogen) atoms. The number of nitrogen functional groups attached to an aromatic ring is 1. The molecular weight excluding hydrogens is 575 g/mol. The number of ether oxygens (including phenoxy) is 1. The maximum atomic E-state index is 13.8. The van der Waals surface area contributed by atoms with Crippen LogP contribution < -0.4 is 17.1 Å². The van der Waals surface area contributed by atoms with E-state index in [4.69, 9.17) is 40.0 Å². The summed E-state index contributed by atoms with van der Waals surface area (Å²) in [6, 6.07) is 7.09. The smallest absolute Gasteiger partial charge is 0.395 e. The number of nitrogens with one attached hydrogen (secondary N) is 1. The molecule has 1 fully saturated rings. The van der Waals surface area contributed by atoms with Gasteiger partial charge in [0, 0.05) is 30.3 Å². The second-order valence-electron chi connectivity index (χ2n) is 9.15. The van der Waals surface area contributed by atoms with Crippen molar-refractivity contribution in [3.05, 3.63) is 73.7 Å². The van der Waals surface area contributed by atoms with Crippen molar-refractivity contribution in [2.75, 3.05) is 18.7 Å². The molecule has 2 unspecified atom stereocenters. The van der Waals surface area contributed by atoms with Crippen LogP contribution in [0.4, 0.5) is 14.7 Å². The van der Waals surface area contributed by atoms with E-state index in [-0.39, 0.29) is 62.0 Å². The van der Waals surface area contributed by atoms with Crippen molar-refractivity contribution < 1.29 is 31.4 Å². The third-order valence-corrected chi connectivity index (χ3v) is 7.68. The van der Waals surface area contributed by atoms with Crippen molar-refractivity contribution in [3.8, 4) is 0 Å². The number of aromatic amines is 1. The van der Waals surface area contributed by atoms with Gasteiger partial charge in [0.05, 0.1) is 19.5 Å². The Morgan fingerprint density at radius 2 is 2.08 bits per heavy atom. The van der Waals surface area contributed by atoms with Crippen LogP contribution in [0.1, 0.15) is 42.3 Å². The third-order valence-electron chi connectivity index (χ3n) is 6.22. The summed E-state index contributed by atoms with van der Waals surface area (Å²) in [6.07, 6.45) is 0.929. The Morgan fingerprint density at radius 1 is 1.25 bits per heavy atom. The van der Waals surface area contributed by atoms with Crippen LogP contribution in [0.15, 0.2) is 49.0 Å². The Hall–Kier alpha value is -3.16. The molecule has 1 aromatic carbocycles. The molecule has 1 aliphatic rings. The summed E-state index contributed by atoms with van der Waals surface area (Å²) in [4.78, 5) is 34.3. The van der Waals surface area contributed by atoms with Crippen LogP contribution in [0.25, 0.3) is 11.2 Å². The molecule has 0 amide bonds. The first-order chi connectivity index (χ1) is 19.2. The molecule has 12 nitrogen and oxygen atoms in total. The van der Waals surface area contributed by atoms with Gasteiger partial charge >= 0.3 is 5.82 Å². The largest absolute Gasteiger partial charge is 0.519 e. The molecule has 3 N–H and O–H groups in total. The quantitative estimate of drug-likeness (QED) is 0.175. The Kier molecular flexibility index (Phi) is 8.62. The van der Waals surface area contributed by atoms with Crippen LogP contribution in [-0.4, -0.2) is 38.4 Å². The number of aromatic nitrogens is 4. The average molecular weight is 600 g/mol. The number of rotatable bonds is 12. The van der Waals surface area contributed by atoms with Gasteiger partial charge in [-0.05, 0) is 24.1 Å². The maximum absolute atomic E-state index is 13.8. The van der Waals surface area contributed by atoms with E-state index >= 15 is 0 Å². The molecule has 0 saturated heterocycles. The minimum absolute atomic E-state index is 0.0254. The normalized spacial score (nSPS) is 17.5. The molecule has 0 aliphatic heterocycles. The van der Waals surface area contributed by atoms with Gasteiger partial charge in [0.25, 0.3) is 5.56 Å². The molecule has 3 aromatic heterocycles. The molecule has 2 atom stereocenters. The second kappa shape index (κ2) is 12.1. The predicted octanol–water partition coefficient (Wildman–Crippen LogP) is 4.52. The lowest BCUT2D eigenvalue weighted by Gasteiger charge is -2.18. The Labute approximate surface area is 231 Å². The highest BCUT2D eigenvalue weighted by Gasteiger charge is 2.43. The van der Waals surface area contributed by atoms with E-state index in [1.807, 2.05) is 6.07 Å². The van der Waals surface area contributed by atoms with Crippen LogP contribution >= 0.6 is 20.0 Å². The van der Waals surface area contributed by atoms with Crippen molar-refractivity contribution in [2.45, 2.75) is 50.9 Å². The summed E-state index contributed by atoms with van der Waals surface area (Å²) in [7, 11) is -1.70. The third kappa shape index (κ3) is 6.94. The number of nitrogens with two attached hydrogens (primary N) is 1. The van der Waals surface area contributed by atoms with E-state index in [1.165, 1.54) is 6.33 Å². The summed E-state index contributed by atoms with van der Waals surface area (Å²) < 4.78 is 57.0. The summed E-state index contributed by atoms with van der Waals surface area (Å²) in [6.45, 7) is 0.420. The van der Waals surface area contributed by atoms with Crippen molar-refractivity contribution in [2.24, 2.45) is 0 Å². The van der Waals surface area contributed by atoms with Crippen molar-refractivity contribution >= 4 is 37.1 Å². The van der Waals surface area contributed by atoms with Crippen LogP contribution in [0.5, 0.6) is 0 Å². The minimum Gasteiger partial charge on any atom is -0.395 e. The first-order valence-corrected chi connectivity index (χ1v) is 14.0. The minimum atomic E-state index is -2.82. The molecule has 16 heteroatoms. The van der Waals surface area contributed by atoms with Crippen LogP contribution in [-0.2, 0) is 33.5 Å². The molecule has 214 valence electrons. The molecule has 4 aromatic rings. The highest BCUT2D eigenvalue weighted by molar-refractivity contribution is 7.46. The first-order valence-electron chi connectivity index (χ1n) is 12.2. The summed E-state index contributed by atoms with van der Waals surface area (Å²) >= 11 is 6.06. The summed E-state index contributed by atoms with van der Waals surface area (Å²) in [5.74, 6) is -4.36. The fraction of sp³-hybridized carbons (Fsp3) is 0.417. The number of fused-ring (bicyclic) bond motifs is 1. The zero-order chi connectivity index (χ0) is 28.3. The van der Waals surface area contributed by atoms with Gasteiger partial charge in [0.2, 0.25) is 11.9 Å². The van der Waals surface area contributed by atoms with E-state index in [0.29, 0.717) is 17.2 Å². The number of nitrogens with zero attached hydrogens (tertiary/aromatic N) is 3. The molecule has 0 radical (unpaired) electrons. The van der Waals surface area contributed by atoms with Gasteiger partial charge in [-0.15, -0.1) is 0 Å². The molecular formula is C24H25ClF2N5O7P. The second-order valence-corrected chi connectivity index (χ2v) is 11.0. The van der Waals surface area contributed by atoms with Crippen LogP contribution in [0, 0.1) is 0 Å². The van der Waals surface area contributed by atoms with Crippen molar-refractivity contribution in [1.82, 2.24) is 19.5 Å². The lowest BCUT2D eigenvalue weighted by atomic mass is 10.0. The van der Waals surface area contributed by atoms with E-state index in [2.05, 4.69) is 15.0 Å². The van der Waals surface area contributed by atoms with Crippen molar-refractivity contribution in [1.29, 1.82) is 0 Å². The van der Waals surface area contributed by atoms with Crippen LogP contribution in [0.2, 0.25) is 5.02 Å². The van der Waals surface area contributed by atoms with E-state index in [9.17, 15) is 18.4 Å². The van der Waals surface area contributed by atoms with Crippen molar-refractivity contribution in [3.63, 3.8) is 0 Å². The van der Waals surface area contributed by atoms with E-state index in [0.717, 1.165) is 5.56 Å². The number of hydrogen-bond acceptors (Lipinski definition) is 10.